The molecular weight excluding hydrogens is 322 g/mol. The Kier molecular flexibility index (Phi) is 5.17. The van der Waals surface area contributed by atoms with Crippen molar-refractivity contribution in [3.8, 4) is 0 Å². The SMILES string of the molecule is O=C(CC(O)C(=O)OC(=O)c1ccccc1)ON1C(=O)C=CC1=O. The summed E-state index contributed by atoms with van der Waals surface area (Å²) in [5.74, 6) is -5.33. The van der Waals surface area contributed by atoms with Crippen LogP contribution in [0.3, 0.4) is 0 Å². The van der Waals surface area contributed by atoms with E-state index in [0.717, 1.165) is 12.2 Å². The Hall–Kier alpha value is -3.33. The van der Waals surface area contributed by atoms with Gasteiger partial charge in [-0.15, -0.1) is 0 Å². The molecule has 1 N–H and O–H groups in total. The maximum absolute atomic E-state index is 11.6. The molecule has 1 heterocycles. The molecule has 2 rings (SSSR count). The van der Waals surface area contributed by atoms with Crippen LogP contribution >= 0.6 is 0 Å². The Balaban J connectivity index is 1.85. The second-order valence-corrected chi connectivity index (χ2v) is 4.56. The van der Waals surface area contributed by atoms with Gasteiger partial charge in [-0.3, -0.25) is 9.59 Å². The van der Waals surface area contributed by atoms with Gasteiger partial charge in [-0.2, -0.15) is 0 Å². The number of hydroxylamine groups is 2. The average Bonchev–Trinajstić information content (AvgIpc) is 2.87. The number of aliphatic hydroxyl groups excluding tert-OH is 1. The van der Waals surface area contributed by atoms with Gasteiger partial charge in [-0.25, -0.2) is 14.4 Å². The monoisotopic (exact) mass is 333 g/mol. The number of carbonyl (C=O) groups excluding carboxylic acids is 5. The lowest BCUT2D eigenvalue weighted by Crippen LogP contribution is -2.35. The van der Waals surface area contributed by atoms with E-state index in [1.165, 1.54) is 12.1 Å². The molecule has 0 bridgehead atoms. The van der Waals surface area contributed by atoms with Gasteiger partial charge in [0.25, 0.3) is 11.8 Å². The number of rotatable bonds is 5. The summed E-state index contributed by atoms with van der Waals surface area (Å²) in [6.45, 7) is 0. The number of esters is 2. The molecule has 1 aromatic carbocycles. The van der Waals surface area contributed by atoms with Crippen molar-refractivity contribution in [2.45, 2.75) is 12.5 Å². The van der Waals surface area contributed by atoms with Gasteiger partial charge >= 0.3 is 17.9 Å². The third-order valence-electron chi connectivity index (χ3n) is 2.80. The second-order valence-electron chi connectivity index (χ2n) is 4.56. The predicted molar refractivity (Wildman–Crippen MR) is 74.6 cm³/mol. The van der Waals surface area contributed by atoms with Crippen molar-refractivity contribution < 1.29 is 38.7 Å². The molecule has 1 unspecified atom stereocenters. The summed E-state index contributed by atoms with van der Waals surface area (Å²) in [4.78, 5) is 61.5. The van der Waals surface area contributed by atoms with E-state index < -0.39 is 42.2 Å². The number of aliphatic hydroxyl groups is 1. The van der Waals surface area contributed by atoms with Crippen molar-refractivity contribution in [3.05, 3.63) is 48.0 Å². The summed E-state index contributed by atoms with van der Waals surface area (Å²) < 4.78 is 4.42. The van der Waals surface area contributed by atoms with E-state index in [0.29, 0.717) is 0 Å². The molecule has 0 spiro atoms. The Morgan fingerprint density at radius 3 is 2.21 bits per heavy atom. The molecule has 2 amide bonds. The van der Waals surface area contributed by atoms with E-state index in [1.807, 2.05) is 0 Å². The van der Waals surface area contributed by atoms with E-state index in [4.69, 9.17) is 0 Å². The van der Waals surface area contributed by atoms with Crippen molar-refractivity contribution in [2.75, 3.05) is 0 Å². The molecule has 1 aliphatic heterocycles. The fourth-order valence-corrected chi connectivity index (χ4v) is 1.65. The van der Waals surface area contributed by atoms with Gasteiger partial charge in [-0.05, 0) is 12.1 Å². The van der Waals surface area contributed by atoms with E-state index >= 15 is 0 Å². The molecule has 0 saturated carbocycles. The lowest BCUT2D eigenvalue weighted by Gasteiger charge is -2.14. The number of hydrogen-bond acceptors (Lipinski definition) is 8. The Bertz CT molecular complexity index is 706. The lowest BCUT2D eigenvalue weighted by molar-refractivity contribution is -0.198. The molecule has 124 valence electrons. The molecule has 1 aromatic rings. The average molecular weight is 333 g/mol. The maximum Gasteiger partial charge on any atom is 0.345 e. The van der Waals surface area contributed by atoms with Crippen LogP contribution < -0.4 is 0 Å². The predicted octanol–water partition coefficient (Wildman–Crippen LogP) is -0.496. The normalized spacial score (nSPS) is 14.5. The number of amides is 2. The fourth-order valence-electron chi connectivity index (χ4n) is 1.65. The van der Waals surface area contributed by atoms with Crippen molar-refractivity contribution >= 4 is 29.7 Å². The van der Waals surface area contributed by atoms with Gasteiger partial charge in [0.05, 0.1) is 12.0 Å². The molecule has 0 aromatic heterocycles. The molecule has 9 heteroatoms. The first-order valence-electron chi connectivity index (χ1n) is 6.64. The van der Waals surface area contributed by atoms with Crippen LogP contribution in [0.4, 0.5) is 0 Å². The first-order valence-corrected chi connectivity index (χ1v) is 6.64. The van der Waals surface area contributed by atoms with Crippen LogP contribution in [0.5, 0.6) is 0 Å². The molecule has 1 atom stereocenters. The van der Waals surface area contributed by atoms with Crippen LogP contribution in [0.15, 0.2) is 42.5 Å². The van der Waals surface area contributed by atoms with Crippen molar-refractivity contribution in [3.63, 3.8) is 0 Å². The minimum Gasteiger partial charge on any atom is -0.387 e. The molecule has 9 nitrogen and oxygen atoms in total. The number of nitrogens with zero attached hydrogens (tertiary/aromatic N) is 1. The summed E-state index contributed by atoms with van der Waals surface area (Å²) in [5.41, 5.74) is 0.0833. The number of hydrogen-bond donors (Lipinski definition) is 1. The second kappa shape index (κ2) is 7.29. The molecular formula is C15H11NO8. The summed E-state index contributed by atoms with van der Waals surface area (Å²) in [7, 11) is 0. The van der Waals surface area contributed by atoms with Crippen molar-refractivity contribution in [1.82, 2.24) is 5.06 Å². The molecule has 0 fully saturated rings. The number of benzene rings is 1. The van der Waals surface area contributed by atoms with Crippen LogP contribution in [-0.4, -0.2) is 46.0 Å². The zero-order valence-electron chi connectivity index (χ0n) is 12.1. The molecule has 1 aliphatic rings. The highest BCUT2D eigenvalue weighted by molar-refractivity contribution is 6.12. The summed E-state index contributed by atoms with van der Waals surface area (Å²) >= 11 is 0. The third-order valence-corrected chi connectivity index (χ3v) is 2.80. The van der Waals surface area contributed by atoms with E-state index in [9.17, 15) is 29.1 Å². The van der Waals surface area contributed by atoms with Gasteiger partial charge in [0.15, 0.2) is 6.10 Å². The maximum atomic E-state index is 11.6. The minimum absolute atomic E-state index is 0.0833. The zero-order chi connectivity index (χ0) is 17.7. The standard InChI is InChI=1S/C15H11NO8/c17-10(8-13(20)24-16-11(18)6-7-12(16)19)15(22)23-14(21)9-4-2-1-3-5-9/h1-7,10,17H,8H2. The molecule has 0 radical (unpaired) electrons. The Labute approximate surface area is 135 Å². The quantitative estimate of drug-likeness (QED) is 0.434. The minimum atomic E-state index is -1.99. The van der Waals surface area contributed by atoms with Crippen LogP contribution in [0.2, 0.25) is 0 Å². The highest BCUT2D eigenvalue weighted by atomic mass is 16.7. The zero-order valence-corrected chi connectivity index (χ0v) is 12.1. The van der Waals surface area contributed by atoms with Gasteiger partial charge in [0.2, 0.25) is 0 Å². The Morgan fingerprint density at radius 1 is 1.04 bits per heavy atom. The summed E-state index contributed by atoms with van der Waals surface area (Å²) in [6, 6.07) is 7.54. The number of ether oxygens (including phenoxy) is 1. The van der Waals surface area contributed by atoms with Gasteiger partial charge in [0.1, 0.15) is 0 Å². The first kappa shape index (κ1) is 17.0. The first-order chi connectivity index (χ1) is 11.4. The highest BCUT2D eigenvalue weighted by Crippen LogP contribution is 2.08. The van der Waals surface area contributed by atoms with Crippen LogP contribution in [0, 0.1) is 0 Å². The van der Waals surface area contributed by atoms with E-state index in [-0.39, 0.29) is 10.6 Å². The largest absolute Gasteiger partial charge is 0.387 e. The molecule has 24 heavy (non-hydrogen) atoms. The van der Waals surface area contributed by atoms with Crippen LogP contribution in [-0.2, 0) is 28.8 Å². The van der Waals surface area contributed by atoms with E-state index in [2.05, 4.69) is 9.57 Å². The third kappa shape index (κ3) is 4.11. The smallest absolute Gasteiger partial charge is 0.345 e. The summed E-state index contributed by atoms with van der Waals surface area (Å²) in [6.07, 6.45) is -1.12. The van der Waals surface area contributed by atoms with E-state index in [1.54, 1.807) is 18.2 Å². The van der Waals surface area contributed by atoms with Crippen molar-refractivity contribution in [2.24, 2.45) is 0 Å². The van der Waals surface area contributed by atoms with Gasteiger partial charge in [-0.1, -0.05) is 23.3 Å². The number of carbonyl (C=O) groups is 5. The fraction of sp³-hybridized carbons (Fsp3) is 0.133. The van der Waals surface area contributed by atoms with Crippen molar-refractivity contribution in [1.29, 1.82) is 0 Å². The van der Waals surface area contributed by atoms with Gasteiger partial charge in [0, 0.05) is 12.2 Å². The van der Waals surface area contributed by atoms with Crippen LogP contribution in [0.1, 0.15) is 16.8 Å². The lowest BCUT2D eigenvalue weighted by atomic mass is 10.2. The topological polar surface area (TPSA) is 127 Å². The summed E-state index contributed by atoms with van der Waals surface area (Å²) in [5, 5.41) is 9.73. The van der Waals surface area contributed by atoms with Crippen LogP contribution in [0.25, 0.3) is 0 Å². The molecule has 0 aliphatic carbocycles. The number of imide groups is 1. The highest BCUT2D eigenvalue weighted by Gasteiger charge is 2.30. The van der Waals surface area contributed by atoms with Gasteiger partial charge < -0.3 is 14.7 Å². The molecule has 0 saturated heterocycles. The Morgan fingerprint density at radius 2 is 1.62 bits per heavy atom.